The summed E-state index contributed by atoms with van der Waals surface area (Å²) in [6, 6.07) is 18.6. The van der Waals surface area contributed by atoms with Gasteiger partial charge in [0.25, 0.3) is 0 Å². The predicted octanol–water partition coefficient (Wildman–Crippen LogP) is 4.27. The van der Waals surface area contributed by atoms with Gasteiger partial charge in [-0.1, -0.05) is 41.6 Å². The first-order valence-electron chi connectivity index (χ1n) is 11.5. The SMILES string of the molecule is O=c1oc2ccccc2c(O)c1C(c1cn(Cc2ccc(F)cc2)nn1)c1c(O)c2ccccc2oc1=O. The van der Waals surface area contributed by atoms with Crippen LogP contribution in [0.15, 0.2) is 97.4 Å². The van der Waals surface area contributed by atoms with Gasteiger partial charge in [-0.2, -0.15) is 0 Å². The predicted molar refractivity (Wildman–Crippen MR) is 135 cm³/mol. The topological polar surface area (TPSA) is 132 Å². The molecule has 3 aromatic heterocycles. The largest absolute Gasteiger partial charge is 0.507 e. The number of para-hydroxylation sites is 2. The smallest absolute Gasteiger partial charge is 0.344 e. The molecule has 0 aliphatic carbocycles. The molecule has 3 heterocycles. The lowest BCUT2D eigenvalue weighted by Crippen LogP contribution is -2.21. The number of hydrogen-bond acceptors (Lipinski definition) is 8. The Kier molecular flexibility index (Phi) is 5.49. The summed E-state index contributed by atoms with van der Waals surface area (Å²) in [5.74, 6) is -2.63. The van der Waals surface area contributed by atoms with Gasteiger partial charge in [-0.25, -0.2) is 18.7 Å². The number of aromatic hydroxyl groups is 2. The van der Waals surface area contributed by atoms with Gasteiger partial charge >= 0.3 is 11.3 Å². The van der Waals surface area contributed by atoms with E-state index in [0.717, 1.165) is 5.56 Å². The highest BCUT2D eigenvalue weighted by molar-refractivity contribution is 5.86. The third-order valence-corrected chi connectivity index (χ3v) is 6.33. The molecule has 0 amide bonds. The van der Waals surface area contributed by atoms with Crippen LogP contribution in [0.2, 0.25) is 0 Å². The van der Waals surface area contributed by atoms with Crippen LogP contribution in [0.4, 0.5) is 4.39 Å². The Morgan fingerprint density at radius 3 is 1.87 bits per heavy atom. The Bertz CT molecular complexity index is 1840. The van der Waals surface area contributed by atoms with Crippen molar-refractivity contribution in [2.75, 3.05) is 0 Å². The molecular formula is C28H18FN3O6. The molecule has 0 aliphatic rings. The first-order valence-corrected chi connectivity index (χ1v) is 11.5. The van der Waals surface area contributed by atoms with Crippen LogP contribution in [0.1, 0.15) is 28.3 Å². The number of halogens is 1. The fourth-order valence-electron chi connectivity index (χ4n) is 4.54. The van der Waals surface area contributed by atoms with Crippen molar-refractivity contribution in [1.82, 2.24) is 15.0 Å². The highest BCUT2D eigenvalue weighted by Crippen LogP contribution is 2.41. The number of aromatic nitrogens is 3. The van der Waals surface area contributed by atoms with E-state index in [4.69, 9.17) is 8.83 Å². The van der Waals surface area contributed by atoms with Crippen LogP contribution in [-0.4, -0.2) is 25.2 Å². The molecule has 3 aromatic carbocycles. The third kappa shape index (κ3) is 3.88. The highest BCUT2D eigenvalue weighted by Gasteiger charge is 2.34. The fourth-order valence-corrected chi connectivity index (χ4v) is 4.54. The van der Waals surface area contributed by atoms with E-state index < -0.39 is 28.7 Å². The number of fused-ring (bicyclic) bond motifs is 2. The van der Waals surface area contributed by atoms with Gasteiger partial charge in [0.05, 0.1) is 40.1 Å². The van der Waals surface area contributed by atoms with Gasteiger partial charge in [0.2, 0.25) is 0 Å². The number of nitrogens with zero attached hydrogens (tertiary/aromatic N) is 3. The van der Waals surface area contributed by atoms with Gasteiger partial charge in [0.15, 0.2) is 0 Å². The van der Waals surface area contributed by atoms with Crippen LogP contribution in [0.5, 0.6) is 11.5 Å². The maximum Gasteiger partial charge on any atom is 0.344 e. The molecule has 0 aliphatic heterocycles. The summed E-state index contributed by atoms with van der Waals surface area (Å²) in [4.78, 5) is 26.5. The maximum absolute atomic E-state index is 13.3. The Hall–Kier alpha value is -5.25. The van der Waals surface area contributed by atoms with Gasteiger partial charge in [0, 0.05) is 6.20 Å². The van der Waals surface area contributed by atoms with E-state index in [-0.39, 0.29) is 51.1 Å². The molecule has 0 saturated heterocycles. The molecule has 188 valence electrons. The first-order chi connectivity index (χ1) is 18.4. The molecule has 38 heavy (non-hydrogen) atoms. The van der Waals surface area contributed by atoms with Crippen LogP contribution >= 0.6 is 0 Å². The number of benzene rings is 3. The van der Waals surface area contributed by atoms with E-state index in [1.807, 2.05) is 0 Å². The Morgan fingerprint density at radius 1 is 0.789 bits per heavy atom. The van der Waals surface area contributed by atoms with Crippen molar-refractivity contribution in [3.05, 3.63) is 128 Å². The number of rotatable bonds is 5. The van der Waals surface area contributed by atoms with Crippen LogP contribution in [0, 0.1) is 5.82 Å². The van der Waals surface area contributed by atoms with E-state index in [2.05, 4.69) is 10.3 Å². The van der Waals surface area contributed by atoms with E-state index in [0.29, 0.717) is 0 Å². The molecular weight excluding hydrogens is 493 g/mol. The van der Waals surface area contributed by atoms with Crippen molar-refractivity contribution >= 4 is 21.9 Å². The molecule has 0 spiro atoms. The van der Waals surface area contributed by atoms with E-state index >= 15 is 0 Å². The van der Waals surface area contributed by atoms with Gasteiger partial charge in [0.1, 0.15) is 28.5 Å². The summed E-state index contributed by atoms with van der Waals surface area (Å²) in [5, 5.41) is 31.2. The lowest BCUT2D eigenvalue weighted by atomic mass is 9.88. The van der Waals surface area contributed by atoms with Crippen molar-refractivity contribution in [3.8, 4) is 11.5 Å². The quantitative estimate of drug-likeness (QED) is 0.328. The van der Waals surface area contributed by atoms with Gasteiger partial charge in [-0.3, -0.25) is 0 Å². The zero-order chi connectivity index (χ0) is 26.4. The minimum atomic E-state index is -1.39. The lowest BCUT2D eigenvalue weighted by molar-refractivity contribution is 0.440. The average molecular weight is 511 g/mol. The van der Waals surface area contributed by atoms with Crippen LogP contribution in [-0.2, 0) is 6.54 Å². The summed E-state index contributed by atoms with van der Waals surface area (Å²) in [6.07, 6.45) is 1.47. The molecule has 0 radical (unpaired) electrons. The third-order valence-electron chi connectivity index (χ3n) is 6.33. The van der Waals surface area contributed by atoms with Crippen molar-refractivity contribution in [1.29, 1.82) is 0 Å². The minimum absolute atomic E-state index is 0.0721. The summed E-state index contributed by atoms with van der Waals surface area (Å²) < 4.78 is 25.7. The van der Waals surface area contributed by atoms with Crippen LogP contribution in [0.25, 0.3) is 21.9 Å². The number of hydrogen-bond donors (Lipinski definition) is 2. The van der Waals surface area contributed by atoms with E-state index in [9.17, 15) is 24.2 Å². The van der Waals surface area contributed by atoms with E-state index in [1.54, 1.807) is 48.5 Å². The zero-order valence-corrected chi connectivity index (χ0v) is 19.5. The van der Waals surface area contributed by atoms with Crippen LogP contribution < -0.4 is 11.3 Å². The molecule has 0 atom stereocenters. The summed E-state index contributed by atoms with van der Waals surface area (Å²) in [5.41, 5.74) is -1.38. The van der Waals surface area contributed by atoms with Gasteiger partial charge in [-0.05, 0) is 42.0 Å². The monoisotopic (exact) mass is 511 g/mol. The molecule has 6 rings (SSSR count). The normalized spacial score (nSPS) is 11.5. The summed E-state index contributed by atoms with van der Waals surface area (Å²) in [6.45, 7) is 0.205. The molecule has 0 unspecified atom stereocenters. The van der Waals surface area contributed by atoms with Crippen molar-refractivity contribution < 1.29 is 23.4 Å². The first kappa shape index (κ1) is 23.2. The summed E-state index contributed by atoms with van der Waals surface area (Å²) >= 11 is 0. The van der Waals surface area contributed by atoms with Gasteiger partial charge in [-0.15, -0.1) is 5.10 Å². The second-order valence-electron chi connectivity index (χ2n) is 8.70. The molecule has 0 fully saturated rings. The van der Waals surface area contributed by atoms with Crippen molar-refractivity contribution in [2.24, 2.45) is 0 Å². The standard InChI is InChI=1S/C28H18FN3O6/c29-16-11-9-15(10-12-16)13-32-14-19(30-31-32)22(23-25(33)17-5-1-3-7-20(17)37-27(23)35)24-26(34)18-6-2-4-8-21(18)38-28(24)36/h1-12,14,22,33-34H,13H2. The maximum atomic E-state index is 13.3. The zero-order valence-electron chi connectivity index (χ0n) is 19.5. The second-order valence-corrected chi connectivity index (χ2v) is 8.70. The second kappa shape index (κ2) is 9.00. The fraction of sp³-hybridized carbons (Fsp3) is 0.0714. The Labute approximate surface area is 212 Å². The van der Waals surface area contributed by atoms with E-state index in [1.165, 1.54) is 35.1 Å². The van der Waals surface area contributed by atoms with Crippen molar-refractivity contribution in [2.45, 2.75) is 12.5 Å². The molecule has 9 nitrogen and oxygen atoms in total. The Morgan fingerprint density at radius 2 is 1.32 bits per heavy atom. The lowest BCUT2D eigenvalue weighted by Gasteiger charge is -2.17. The highest BCUT2D eigenvalue weighted by atomic mass is 19.1. The molecule has 10 heteroatoms. The van der Waals surface area contributed by atoms with Gasteiger partial charge < -0.3 is 19.0 Å². The average Bonchev–Trinajstić information content (AvgIpc) is 3.37. The molecule has 0 saturated carbocycles. The molecule has 2 N–H and O–H groups in total. The molecule has 6 aromatic rings. The molecule has 0 bridgehead atoms. The van der Waals surface area contributed by atoms with Crippen molar-refractivity contribution in [3.63, 3.8) is 0 Å². The Balaban J connectivity index is 1.59. The minimum Gasteiger partial charge on any atom is -0.507 e. The summed E-state index contributed by atoms with van der Waals surface area (Å²) in [7, 11) is 0. The van der Waals surface area contributed by atoms with Crippen LogP contribution in [0.3, 0.4) is 0 Å².